The first-order chi connectivity index (χ1) is 13.7. The fraction of sp³-hybridized carbons (Fsp3) is 0.143. The molecule has 0 radical (unpaired) electrons. The van der Waals surface area contributed by atoms with Crippen LogP contribution in [0.5, 0.6) is 0 Å². The minimum atomic E-state index is -3.63. The van der Waals surface area contributed by atoms with E-state index in [-0.39, 0.29) is 21.7 Å². The summed E-state index contributed by atoms with van der Waals surface area (Å²) in [7, 11) is -3.63. The van der Waals surface area contributed by atoms with Crippen molar-refractivity contribution in [2.24, 2.45) is 0 Å². The lowest BCUT2D eigenvalue weighted by molar-refractivity contribution is 0.0703. The average Bonchev–Trinajstić information content (AvgIpc) is 3.06. The van der Waals surface area contributed by atoms with Gasteiger partial charge in [0.25, 0.3) is 0 Å². The van der Waals surface area contributed by atoms with Crippen molar-refractivity contribution in [1.82, 2.24) is 0 Å². The highest BCUT2D eigenvalue weighted by Gasteiger charge is 2.25. The van der Waals surface area contributed by atoms with Crippen LogP contribution in [0.2, 0.25) is 0 Å². The number of sulfonamides is 1. The van der Waals surface area contributed by atoms with Gasteiger partial charge < -0.3 is 5.11 Å². The van der Waals surface area contributed by atoms with E-state index < -0.39 is 16.0 Å². The van der Waals surface area contributed by atoms with Crippen LogP contribution in [-0.2, 0) is 16.4 Å². The topological polar surface area (TPSA) is 107 Å². The molecule has 1 aromatic heterocycles. The maximum absolute atomic E-state index is 12.0. The molecule has 0 unspecified atom stereocenters. The van der Waals surface area contributed by atoms with Crippen LogP contribution in [0.1, 0.15) is 27.0 Å². The number of aryl methyl sites for hydroxylation is 1. The Bertz CT molecular complexity index is 1220. The Morgan fingerprint density at radius 3 is 2.41 bits per heavy atom. The summed E-state index contributed by atoms with van der Waals surface area (Å²) in [6.45, 7) is 1.84. The summed E-state index contributed by atoms with van der Waals surface area (Å²) in [4.78, 5) is 12.5. The van der Waals surface area contributed by atoms with E-state index in [1.165, 1.54) is 0 Å². The summed E-state index contributed by atoms with van der Waals surface area (Å²) in [5, 5.41) is 19.3. The normalized spacial score (nSPS) is 11.1. The van der Waals surface area contributed by atoms with Crippen molar-refractivity contribution < 1.29 is 18.3 Å². The van der Waals surface area contributed by atoms with Crippen LogP contribution in [0.25, 0.3) is 22.3 Å². The third-order valence-corrected chi connectivity index (χ3v) is 6.21. The Hall–Kier alpha value is -3.15. The van der Waals surface area contributed by atoms with Crippen LogP contribution < -0.4 is 4.72 Å². The van der Waals surface area contributed by atoms with Gasteiger partial charge >= 0.3 is 5.97 Å². The largest absolute Gasteiger partial charge is 0.477 e. The second kappa shape index (κ2) is 8.07. The van der Waals surface area contributed by atoms with Gasteiger partial charge in [-0.15, -0.1) is 11.3 Å². The lowest BCUT2D eigenvalue weighted by Gasteiger charge is -2.14. The maximum atomic E-state index is 12.0. The lowest BCUT2D eigenvalue weighted by atomic mass is 9.95. The van der Waals surface area contributed by atoms with Crippen LogP contribution >= 0.6 is 11.3 Å². The molecule has 0 bridgehead atoms. The predicted octanol–water partition coefficient (Wildman–Crippen LogP) is 4.59. The molecule has 0 fully saturated rings. The van der Waals surface area contributed by atoms with Gasteiger partial charge in [0.15, 0.2) is 0 Å². The summed E-state index contributed by atoms with van der Waals surface area (Å²) in [6.07, 6.45) is 1.53. The van der Waals surface area contributed by atoms with Gasteiger partial charge in [-0.1, -0.05) is 49.4 Å². The summed E-state index contributed by atoms with van der Waals surface area (Å²) >= 11 is 1.04. The molecule has 0 aliphatic heterocycles. The first kappa shape index (κ1) is 20.6. The third-order valence-electron chi connectivity index (χ3n) is 4.30. The summed E-state index contributed by atoms with van der Waals surface area (Å²) in [6, 6.07) is 16.6. The van der Waals surface area contributed by atoms with E-state index in [1.807, 2.05) is 37.3 Å². The van der Waals surface area contributed by atoms with Gasteiger partial charge in [-0.25, -0.2) is 13.2 Å². The van der Waals surface area contributed by atoms with E-state index in [0.29, 0.717) is 16.9 Å². The van der Waals surface area contributed by atoms with Crippen molar-refractivity contribution in [3.8, 4) is 28.3 Å². The van der Waals surface area contributed by atoms with E-state index in [2.05, 4.69) is 10.8 Å². The first-order valence-electron chi connectivity index (χ1n) is 8.71. The fourth-order valence-electron chi connectivity index (χ4n) is 3.11. The molecule has 0 atom stereocenters. The number of carboxylic acid groups (broad SMARTS) is 1. The molecule has 8 heteroatoms. The standard InChI is InChI=1S/C21H18N2O4S2/c1-3-18-16(12-22)19(20(28-18)21(24)25)15-10-9-14(13-7-5-4-6-8-13)11-17(15)23-29(2,26)27/h4-11,23H,3H2,1-2H3,(H,24,25). The second-order valence-corrected chi connectivity index (χ2v) is 9.23. The molecule has 1 heterocycles. The number of aromatic carboxylic acids is 1. The molecule has 6 nitrogen and oxygen atoms in total. The van der Waals surface area contributed by atoms with E-state index in [4.69, 9.17) is 0 Å². The van der Waals surface area contributed by atoms with Gasteiger partial charge in [0.2, 0.25) is 10.0 Å². The van der Waals surface area contributed by atoms with Crippen LogP contribution in [0.3, 0.4) is 0 Å². The smallest absolute Gasteiger partial charge is 0.346 e. The van der Waals surface area contributed by atoms with Gasteiger partial charge in [0.05, 0.1) is 17.5 Å². The van der Waals surface area contributed by atoms with Gasteiger partial charge in [-0.2, -0.15) is 5.26 Å². The highest BCUT2D eigenvalue weighted by molar-refractivity contribution is 7.92. The number of nitrogens with zero attached hydrogens (tertiary/aromatic N) is 1. The van der Waals surface area contributed by atoms with Gasteiger partial charge in [0.1, 0.15) is 10.9 Å². The molecule has 3 rings (SSSR count). The number of nitrogens with one attached hydrogen (secondary N) is 1. The zero-order valence-corrected chi connectivity index (χ0v) is 17.4. The van der Waals surface area contributed by atoms with Crippen molar-refractivity contribution in [3.63, 3.8) is 0 Å². The van der Waals surface area contributed by atoms with Crippen molar-refractivity contribution in [3.05, 3.63) is 63.8 Å². The Kier molecular flexibility index (Phi) is 5.73. The van der Waals surface area contributed by atoms with Crippen molar-refractivity contribution in [2.45, 2.75) is 13.3 Å². The average molecular weight is 427 g/mol. The predicted molar refractivity (Wildman–Crippen MR) is 115 cm³/mol. The van der Waals surface area contributed by atoms with E-state index >= 15 is 0 Å². The molecule has 3 aromatic rings. The van der Waals surface area contributed by atoms with E-state index in [0.717, 1.165) is 28.7 Å². The number of benzene rings is 2. The highest BCUT2D eigenvalue weighted by Crippen LogP contribution is 2.41. The minimum Gasteiger partial charge on any atom is -0.477 e. The summed E-state index contributed by atoms with van der Waals surface area (Å²) in [5.74, 6) is -1.15. The minimum absolute atomic E-state index is 0.0161. The molecular formula is C21H18N2O4S2. The van der Waals surface area contributed by atoms with Gasteiger partial charge in [-0.05, 0) is 23.6 Å². The maximum Gasteiger partial charge on any atom is 0.346 e. The zero-order valence-electron chi connectivity index (χ0n) is 15.8. The third kappa shape index (κ3) is 4.31. The Labute approximate surface area is 173 Å². The molecule has 2 N–H and O–H groups in total. The van der Waals surface area contributed by atoms with Crippen molar-refractivity contribution >= 4 is 33.0 Å². The summed E-state index contributed by atoms with van der Waals surface area (Å²) < 4.78 is 26.4. The Balaban J connectivity index is 2.31. The molecule has 148 valence electrons. The van der Waals surface area contributed by atoms with Crippen LogP contribution in [-0.4, -0.2) is 25.7 Å². The number of nitriles is 1. The lowest BCUT2D eigenvalue weighted by Crippen LogP contribution is -2.11. The number of carbonyl (C=O) groups is 1. The molecular weight excluding hydrogens is 408 g/mol. The number of rotatable bonds is 6. The highest BCUT2D eigenvalue weighted by atomic mass is 32.2. The molecule has 0 spiro atoms. The molecule has 2 aromatic carbocycles. The Morgan fingerprint density at radius 2 is 1.86 bits per heavy atom. The molecule has 0 saturated carbocycles. The number of anilines is 1. The monoisotopic (exact) mass is 426 g/mol. The van der Waals surface area contributed by atoms with Crippen LogP contribution in [0.4, 0.5) is 5.69 Å². The summed E-state index contributed by atoms with van der Waals surface area (Å²) in [5.41, 5.74) is 2.75. The van der Waals surface area contributed by atoms with E-state index in [9.17, 15) is 23.6 Å². The van der Waals surface area contributed by atoms with E-state index in [1.54, 1.807) is 18.2 Å². The number of hydrogen-bond donors (Lipinski definition) is 2. The van der Waals surface area contributed by atoms with Crippen molar-refractivity contribution in [1.29, 1.82) is 5.26 Å². The van der Waals surface area contributed by atoms with Gasteiger partial charge in [-0.3, -0.25) is 4.72 Å². The number of hydrogen-bond acceptors (Lipinski definition) is 5. The molecule has 0 amide bonds. The Morgan fingerprint density at radius 1 is 1.17 bits per heavy atom. The quantitative estimate of drug-likeness (QED) is 0.600. The van der Waals surface area contributed by atoms with Crippen LogP contribution in [0, 0.1) is 11.3 Å². The number of thiophene rings is 1. The van der Waals surface area contributed by atoms with Gasteiger partial charge in [0, 0.05) is 16.0 Å². The molecule has 0 aliphatic rings. The van der Waals surface area contributed by atoms with Crippen LogP contribution in [0.15, 0.2) is 48.5 Å². The first-order valence-corrected chi connectivity index (χ1v) is 11.4. The number of carboxylic acids is 1. The van der Waals surface area contributed by atoms with Crippen molar-refractivity contribution in [2.75, 3.05) is 11.0 Å². The zero-order chi connectivity index (χ0) is 21.2. The molecule has 0 aliphatic carbocycles. The molecule has 29 heavy (non-hydrogen) atoms. The fourth-order valence-corrected chi connectivity index (χ4v) is 4.72. The SMILES string of the molecule is CCc1sc(C(=O)O)c(-c2ccc(-c3ccccc3)cc2NS(C)(=O)=O)c1C#N. The molecule has 0 saturated heterocycles. The second-order valence-electron chi connectivity index (χ2n) is 6.38.